The van der Waals surface area contributed by atoms with Crippen LogP contribution >= 0.6 is 0 Å². The molecule has 0 spiro atoms. The molecule has 0 aromatic carbocycles. The lowest BCUT2D eigenvalue weighted by Crippen LogP contribution is -2.27. The minimum Gasteiger partial charge on any atom is -0.469 e. The summed E-state index contributed by atoms with van der Waals surface area (Å²) in [7, 11) is 1.23. The first-order valence-electron chi connectivity index (χ1n) is 4.22. The van der Waals surface area contributed by atoms with Gasteiger partial charge in [0.15, 0.2) is 0 Å². The van der Waals surface area contributed by atoms with Gasteiger partial charge in [-0.1, -0.05) is 6.92 Å². The highest BCUT2D eigenvalue weighted by molar-refractivity contribution is 5.95. The van der Waals surface area contributed by atoms with Crippen molar-refractivity contribution in [3.05, 3.63) is 0 Å². The van der Waals surface area contributed by atoms with E-state index in [0.717, 1.165) is 0 Å². The lowest BCUT2D eigenvalue weighted by Gasteiger charge is -2.19. The van der Waals surface area contributed by atoms with Crippen molar-refractivity contribution in [2.45, 2.75) is 38.7 Å². The molecule has 0 aliphatic heterocycles. The largest absolute Gasteiger partial charge is 0.469 e. The van der Waals surface area contributed by atoms with Crippen LogP contribution in [0.5, 0.6) is 0 Å². The number of rotatable bonds is 5. The molecule has 0 rings (SSSR count). The SMILES string of the molecule is CCC(C)(O)CC(=O)CC(=O)OC. The molecular formula is C9H16O4. The molecule has 1 N–H and O–H groups in total. The third-order valence-electron chi connectivity index (χ3n) is 1.91. The van der Waals surface area contributed by atoms with Gasteiger partial charge in [-0.3, -0.25) is 9.59 Å². The molecule has 4 nitrogen and oxygen atoms in total. The molecule has 0 heterocycles. The number of Topliss-reactive ketones (excluding diaryl/α,β-unsaturated/α-hetero) is 1. The van der Waals surface area contributed by atoms with Crippen molar-refractivity contribution in [3.8, 4) is 0 Å². The smallest absolute Gasteiger partial charge is 0.313 e. The highest BCUT2D eigenvalue weighted by Crippen LogP contribution is 2.14. The first kappa shape index (κ1) is 12.1. The van der Waals surface area contributed by atoms with Crippen LogP contribution in [0.15, 0.2) is 0 Å². The molecule has 76 valence electrons. The number of carbonyl (C=O) groups is 2. The first-order valence-corrected chi connectivity index (χ1v) is 4.22. The second-order valence-electron chi connectivity index (χ2n) is 3.32. The summed E-state index contributed by atoms with van der Waals surface area (Å²) in [4.78, 5) is 21.8. The molecular weight excluding hydrogens is 172 g/mol. The second-order valence-corrected chi connectivity index (χ2v) is 3.32. The van der Waals surface area contributed by atoms with Gasteiger partial charge in [-0.25, -0.2) is 0 Å². The lowest BCUT2D eigenvalue weighted by molar-refractivity contribution is -0.144. The Morgan fingerprint density at radius 1 is 1.46 bits per heavy atom. The van der Waals surface area contributed by atoms with Gasteiger partial charge < -0.3 is 9.84 Å². The number of methoxy groups -OCH3 is 1. The van der Waals surface area contributed by atoms with Gasteiger partial charge >= 0.3 is 5.97 Å². The van der Waals surface area contributed by atoms with Gasteiger partial charge in [-0.2, -0.15) is 0 Å². The van der Waals surface area contributed by atoms with Crippen molar-refractivity contribution >= 4 is 11.8 Å². The fraction of sp³-hybridized carbons (Fsp3) is 0.778. The van der Waals surface area contributed by atoms with Crippen molar-refractivity contribution < 1.29 is 19.4 Å². The number of ether oxygens (including phenoxy) is 1. The summed E-state index contributed by atoms with van der Waals surface area (Å²) in [5, 5.41) is 9.51. The minimum absolute atomic E-state index is 0.00139. The lowest BCUT2D eigenvalue weighted by atomic mass is 9.95. The summed E-state index contributed by atoms with van der Waals surface area (Å²) in [6, 6.07) is 0. The predicted molar refractivity (Wildman–Crippen MR) is 47.2 cm³/mol. The van der Waals surface area contributed by atoms with Crippen LogP contribution in [0, 0.1) is 0 Å². The maximum Gasteiger partial charge on any atom is 0.313 e. The summed E-state index contributed by atoms with van der Waals surface area (Å²) in [6.07, 6.45) is 0.227. The van der Waals surface area contributed by atoms with Crippen LogP contribution in [0.4, 0.5) is 0 Å². The maximum absolute atomic E-state index is 11.1. The summed E-state index contributed by atoms with van der Waals surface area (Å²) in [5.41, 5.74) is -1.01. The van der Waals surface area contributed by atoms with Gasteiger partial charge in [0.2, 0.25) is 0 Å². The van der Waals surface area contributed by atoms with E-state index in [4.69, 9.17) is 0 Å². The van der Waals surface area contributed by atoms with E-state index >= 15 is 0 Å². The average molecular weight is 188 g/mol. The van der Waals surface area contributed by atoms with Crippen molar-refractivity contribution in [1.29, 1.82) is 0 Å². The Kier molecular flexibility index (Phi) is 4.62. The predicted octanol–water partition coefficient (Wildman–Crippen LogP) is 0.670. The number of ketones is 1. The third kappa shape index (κ3) is 5.36. The molecule has 0 aromatic heterocycles. The van der Waals surface area contributed by atoms with E-state index in [2.05, 4.69) is 4.74 Å². The van der Waals surface area contributed by atoms with E-state index in [1.54, 1.807) is 13.8 Å². The maximum atomic E-state index is 11.1. The second kappa shape index (κ2) is 4.97. The number of hydrogen-bond donors (Lipinski definition) is 1. The molecule has 0 aromatic rings. The van der Waals surface area contributed by atoms with Crippen molar-refractivity contribution in [3.63, 3.8) is 0 Å². The highest BCUT2D eigenvalue weighted by Gasteiger charge is 2.23. The van der Waals surface area contributed by atoms with E-state index in [0.29, 0.717) is 6.42 Å². The average Bonchev–Trinajstić information content (AvgIpc) is 2.03. The zero-order valence-electron chi connectivity index (χ0n) is 8.29. The Hall–Kier alpha value is -0.900. The van der Waals surface area contributed by atoms with E-state index in [1.807, 2.05) is 0 Å². The zero-order valence-corrected chi connectivity index (χ0v) is 8.29. The van der Waals surface area contributed by atoms with Gasteiger partial charge in [-0.15, -0.1) is 0 Å². The summed E-state index contributed by atoms with van der Waals surface area (Å²) >= 11 is 0. The number of hydrogen-bond acceptors (Lipinski definition) is 4. The minimum atomic E-state index is -1.01. The van der Waals surface area contributed by atoms with Crippen molar-refractivity contribution in [2.75, 3.05) is 7.11 Å². The van der Waals surface area contributed by atoms with Crippen molar-refractivity contribution in [1.82, 2.24) is 0 Å². The van der Waals surface area contributed by atoms with Crippen LogP contribution in [0.2, 0.25) is 0 Å². The monoisotopic (exact) mass is 188 g/mol. The zero-order chi connectivity index (χ0) is 10.5. The molecule has 4 heteroatoms. The van der Waals surface area contributed by atoms with Crippen LogP contribution < -0.4 is 0 Å². The van der Waals surface area contributed by atoms with E-state index in [1.165, 1.54) is 7.11 Å². The molecule has 0 fully saturated rings. The Bertz CT molecular complexity index is 196. The third-order valence-corrected chi connectivity index (χ3v) is 1.91. The number of carbonyl (C=O) groups excluding carboxylic acids is 2. The van der Waals surface area contributed by atoms with Gasteiger partial charge in [0.1, 0.15) is 12.2 Å². The molecule has 0 aliphatic carbocycles. The van der Waals surface area contributed by atoms with Crippen LogP contribution in [0.25, 0.3) is 0 Å². The number of aliphatic hydroxyl groups is 1. The Labute approximate surface area is 77.9 Å². The summed E-state index contributed by atoms with van der Waals surface area (Å²) < 4.78 is 4.33. The summed E-state index contributed by atoms with van der Waals surface area (Å²) in [6.45, 7) is 3.35. The topological polar surface area (TPSA) is 63.6 Å². The Morgan fingerprint density at radius 2 is 2.00 bits per heavy atom. The molecule has 0 radical (unpaired) electrons. The van der Waals surface area contributed by atoms with Crippen LogP contribution in [-0.2, 0) is 14.3 Å². The van der Waals surface area contributed by atoms with Crippen LogP contribution in [0.1, 0.15) is 33.1 Å². The molecule has 0 saturated carbocycles. The molecule has 1 atom stereocenters. The molecule has 1 unspecified atom stereocenters. The van der Waals surface area contributed by atoms with Gasteiger partial charge in [0.05, 0.1) is 12.7 Å². The summed E-state index contributed by atoms with van der Waals surface area (Å²) in [5.74, 6) is -0.851. The number of esters is 1. The standard InChI is InChI=1S/C9H16O4/c1-4-9(2,12)6-7(10)5-8(11)13-3/h12H,4-6H2,1-3H3. The van der Waals surface area contributed by atoms with Gasteiger partial charge in [0, 0.05) is 6.42 Å². The molecule has 13 heavy (non-hydrogen) atoms. The Morgan fingerprint density at radius 3 is 2.38 bits per heavy atom. The van der Waals surface area contributed by atoms with E-state index in [-0.39, 0.29) is 18.6 Å². The van der Waals surface area contributed by atoms with Crippen LogP contribution in [0.3, 0.4) is 0 Å². The molecule has 0 aliphatic rings. The van der Waals surface area contributed by atoms with Gasteiger partial charge in [0.25, 0.3) is 0 Å². The Balaban J connectivity index is 3.94. The molecule has 0 bridgehead atoms. The fourth-order valence-electron chi connectivity index (χ4n) is 0.845. The van der Waals surface area contributed by atoms with E-state index < -0.39 is 11.6 Å². The highest BCUT2D eigenvalue weighted by atomic mass is 16.5. The normalized spacial score (nSPS) is 14.8. The van der Waals surface area contributed by atoms with Crippen molar-refractivity contribution in [2.24, 2.45) is 0 Å². The fourth-order valence-corrected chi connectivity index (χ4v) is 0.845. The molecule has 0 amide bonds. The van der Waals surface area contributed by atoms with Crippen LogP contribution in [-0.4, -0.2) is 29.6 Å². The van der Waals surface area contributed by atoms with Gasteiger partial charge in [-0.05, 0) is 13.3 Å². The first-order chi connectivity index (χ1) is 5.91. The molecule has 0 saturated heterocycles. The van der Waals surface area contributed by atoms with E-state index in [9.17, 15) is 14.7 Å². The quantitative estimate of drug-likeness (QED) is 0.508.